The number of aryl methyl sites for hydroxylation is 1. The second-order valence-corrected chi connectivity index (χ2v) is 11.2. The van der Waals surface area contributed by atoms with Crippen molar-refractivity contribution in [3.05, 3.63) is 83.3 Å². The van der Waals surface area contributed by atoms with E-state index in [2.05, 4.69) is 79.2 Å². The van der Waals surface area contributed by atoms with Crippen molar-refractivity contribution in [2.75, 3.05) is 6.54 Å². The molecule has 1 saturated carbocycles. The molecule has 1 aliphatic carbocycles. The molecule has 2 aliphatic rings. The number of aromatic nitrogens is 3. The molecule has 194 valence electrons. The van der Waals surface area contributed by atoms with Crippen LogP contribution in [0.5, 0.6) is 0 Å². The molecule has 0 saturated heterocycles. The lowest BCUT2D eigenvalue weighted by Crippen LogP contribution is -2.52. The standard InChI is InChI=1S/C31H34N4O.C2H2/c1-31(2)20-35(24-9-5-4-6-10-24)30(36)27-16-22(25-11-7-8-12-26(25)29(27)31)15-21-13-14-28(32-17-21)23-18-33-34(3)19-23;1-2/h7-8,11-14,16-19,24H,4-6,9-10,15,20H2,1-3H3;1-2H. The molecule has 3 heterocycles. The van der Waals surface area contributed by atoms with E-state index in [4.69, 9.17) is 4.98 Å². The summed E-state index contributed by atoms with van der Waals surface area (Å²) in [4.78, 5) is 20.9. The molecule has 0 spiro atoms. The molecule has 6 rings (SSSR count). The van der Waals surface area contributed by atoms with Crippen LogP contribution in [0, 0.1) is 12.8 Å². The molecule has 0 unspecified atom stereocenters. The quantitative estimate of drug-likeness (QED) is 0.297. The Kier molecular flexibility index (Phi) is 7.08. The average Bonchev–Trinajstić information content (AvgIpc) is 3.38. The molecule has 5 nitrogen and oxygen atoms in total. The molecule has 1 amide bonds. The van der Waals surface area contributed by atoms with Crippen molar-refractivity contribution in [1.82, 2.24) is 19.7 Å². The third-order valence-corrected chi connectivity index (χ3v) is 8.10. The van der Waals surface area contributed by atoms with Crippen molar-refractivity contribution in [3.8, 4) is 24.1 Å². The van der Waals surface area contributed by atoms with Gasteiger partial charge in [-0.25, -0.2) is 0 Å². The summed E-state index contributed by atoms with van der Waals surface area (Å²) in [6.07, 6.45) is 20.5. The first kappa shape index (κ1) is 25.7. The molecule has 0 atom stereocenters. The van der Waals surface area contributed by atoms with Gasteiger partial charge in [0.1, 0.15) is 0 Å². The normalized spacial score (nSPS) is 17.1. The van der Waals surface area contributed by atoms with Gasteiger partial charge in [0.05, 0.1) is 11.9 Å². The SMILES string of the molecule is C#C.Cn1cc(-c2ccc(Cc3cc4c(c5ccccc35)C(C)(C)CN(C3CCCCC3)C4=O)cn2)cn1. The summed E-state index contributed by atoms with van der Waals surface area (Å²) in [6.45, 7) is 5.41. The van der Waals surface area contributed by atoms with Crippen molar-refractivity contribution < 1.29 is 4.79 Å². The van der Waals surface area contributed by atoms with E-state index >= 15 is 0 Å². The highest BCUT2D eigenvalue weighted by Crippen LogP contribution is 2.42. The first-order chi connectivity index (χ1) is 18.4. The molecule has 1 aliphatic heterocycles. The molecular formula is C33H36N4O. The molecule has 2 aromatic heterocycles. The number of hydrogen-bond donors (Lipinski definition) is 0. The van der Waals surface area contributed by atoms with E-state index in [0.717, 1.165) is 48.2 Å². The van der Waals surface area contributed by atoms with Crippen molar-refractivity contribution in [1.29, 1.82) is 0 Å². The predicted molar refractivity (Wildman–Crippen MR) is 154 cm³/mol. The molecular weight excluding hydrogens is 468 g/mol. The Balaban J connectivity index is 0.00000144. The highest BCUT2D eigenvalue weighted by molar-refractivity contribution is 6.05. The fraction of sp³-hybridized carbons (Fsp3) is 0.364. The van der Waals surface area contributed by atoms with Gasteiger partial charge < -0.3 is 4.90 Å². The first-order valence-electron chi connectivity index (χ1n) is 13.5. The van der Waals surface area contributed by atoms with Crippen molar-refractivity contribution >= 4 is 16.7 Å². The van der Waals surface area contributed by atoms with E-state index in [1.165, 1.54) is 41.2 Å². The van der Waals surface area contributed by atoms with Gasteiger partial charge in [-0.15, -0.1) is 12.8 Å². The predicted octanol–water partition coefficient (Wildman–Crippen LogP) is 6.54. The molecule has 5 heteroatoms. The van der Waals surface area contributed by atoms with Crippen LogP contribution in [0.1, 0.15) is 73.0 Å². The van der Waals surface area contributed by atoms with Crippen LogP contribution in [-0.2, 0) is 18.9 Å². The summed E-state index contributed by atoms with van der Waals surface area (Å²) in [5.74, 6) is 0.216. The van der Waals surface area contributed by atoms with Crippen molar-refractivity contribution in [3.63, 3.8) is 0 Å². The molecule has 4 aromatic rings. The number of benzene rings is 2. The average molecular weight is 505 g/mol. The summed E-state index contributed by atoms with van der Waals surface area (Å²) in [6, 6.07) is 15.4. The minimum absolute atomic E-state index is 0.0915. The number of rotatable bonds is 4. The summed E-state index contributed by atoms with van der Waals surface area (Å²) in [5.41, 5.74) is 6.27. The van der Waals surface area contributed by atoms with E-state index in [-0.39, 0.29) is 11.3 Å². The van der Waals surface area contributed by atoms with Gasteiger partial charge >= 0.3 is 0 Å². The van der Waals surface area contributed by atoms with Gasteiger partial charge in [0, 0.05) is 48.6 Å². The summed E-state index contributed by atoms with van der Waals surface area (Å²) in [5, 5.41) is 6.71. The van der Waals surface area contributed by atoms with Crippen LogP contribution in [0.2, 0.25) is 0 Å². The Morgan fingerprint density at radius 2 is 1.74 bits per heavy atom. The van der Waals surface area contributed by atoms with E-state index in [0.29, 0.717) is 6.04 Å². The summed E-state index contributed by atoms with van der Waals surface area (Å²) >= 11 is 0. The number of pyridine rings is 1. The largest absolute Gasteiger partial charge is 0.335 e. The smallest absolute Gasteiger partial charge is 0.254 e. The lowest BCUT2D eigenvalue weighted by molar-refractivity contribution is 0.0544. The first-order valence-corrected chi connectivity index (χ1v) is 13.5. The van der Waals surface area contributed by atoms with Crippen molar-refractivity contribution in [2.24, 2.45) is 7.05 Å². The summed E-state index contributed by atoms with van der Waals surface area (Å²) in [7, 11) is 1.91. The van der Waals surface area contributed by atoms with E-state index in [1.807, 2.05) is 25.6 Å². The Morgan fingerprint density at radius 3 is 2.39 bits per heavy atom. The number of nitrogens with zero attached hydrogens (tertiary/aromatic N) is 4. The van der Waals surface area contributed by atoms with Crippen LogP contribution < -0.4 is 0 Å². The molecule has 0 radical (unpaired) electrons. The van der Waals surface area contributed by atoms with Gasteiger partial charge in [-0.1, -0.05) is 63.4 Å². The van der Waals surface area contributed by atoms with Crippen LogP contribution in [-0.4, -0.2) is 38.2 Å². The number of carbonyl (C=O) groups is 1. The van der Waals surface area contributed by atoms with Crippen molar-refractivity contribution in [2.45, 2.75) is 63.8 Å². The van der Waals surface area contributed by atoms with E-state index in [9.17, 15) is 4.79 Å². The second-order valence-electron chi connectivity index (χ2n) is 11.2. The molecule has 0 bridgehead atoms. The van der Waals surface area contributed by atoms with E-state index in [1.54, 1.807) is 4.68 Å². The highest BCUT2D eigenvalue weighted by Gasteiger charge is 2.41. The molecule has 38 heavy (non-hydrogen) atoms. The molecule has 2 aromatic carbocycles. The Bertz CT molecular complexity index is 1470. The zero-order chi connectivity index (χ0) is 26.9. The fourth-order valence-corrected chi connectivity index (χ4v) is 6.39. The highest BCUT2D eigenvalue weighted by atomic mass is 16.2. The fourth-order valence-electron chi connectivity index (χ4n) is 6.39. The summed E-state index contributed by atoms with van der Waals surface area (Å²) < 4.78 is 1.79. The third kappa shape index (κ3) is 4.72. The number of fused-ring (bicyclic) bond motifs is 3. The molecule has 1 fully saturated rings. The Hall–Kier alpha value is -3.91. The zero-order valence-corrected chi connectivity index (χ0v) is 22.7. The van der Waals surface area contributed by atoms with Crippen LogP contribution in [0.15, 0.2) is 61.1 Å². The van der Waals surface area contributed by atoms with Gasteiger partial charge in [-0.05, 0) is 58.9 Å². The van der Waals surface area contributed by atoms with Crippen LogP contribution in [0.4, 0.5) is 0 Å². The van der Waals surface area contributed by atoms with E-state index < -0.39 is 0 Å². The maximum atomic E-state index is 14.0. The number of amides is 1. The second kappa shape index (κ2) is 10.5. The minimum atomic E-state index is -0.0915. The molecule has 0 N–H and O–H groups in total. The third-order valence-electron chi connectivity index (χ3n) is 8.10. The van der Waals surface area contributed by atoms with Gasteiger partial charge in [-0.2, -0.15) is 5.10 Å². The topological polar surface area (TPSA) is 51.0 Å². The van der Waals surface area contributed by atoms with Crippen LogP contribution in [0.3, 0.4) is 0 Å². The van der Waals surface area contributed by atoms with Gasteiger partial charge in [0.25, 0.3) is 5.91 Å². The van der Waals surface area contributed by atoms with Crippen LogP contribution in [0.25, 0.3) is 22.0 Å². The number of carbonyl (C=O) groups excluding carboxylic acids is 1. The van der Waals surface area contributed by atoms with Gasteiger partial charge in [-0.3, -0.25) is 14.5 Å². The lowest BCUT2D eigenvalue weighted by atomic mass is 9.73. The Labute approximate surface area is 225 Å². The van der Waals surface area contributed by atoms with Gasteiger partial charge in [0.15, 0.2) is 0 Å². The number of terminal acetylenes is 1. The maximum Gasteiger partial charge on any atom is 0.254 e. The minimum Gasteiger partial charge on any atom is -0.335 e. The lowest BCUT2D eigenvalue weighted by Gasteiger charge is -2.45. The zero-order valence-electron chi connectivity index (χ0n) is 22.7. The van der Waals surface area contributed by atoms with Gasteiger partial charge in [0.2, 0.25) is 0 Å². The monoisotopic (exact) mass is 504 g/mol. The number of hydrogen-bond acceptors (Lipinski definition) is 3. The Morgan fingerprint density at radius 1 is 1.00 bits per heavy atom. The maximum absolute atomic E-state index is 14.0. The van der Waals surface area contributed by atoms with Crippen LogP contribution >= 0.6 is 0 Å².